The zero-order valence-corrected chi connectivity index (χ0v) is 12.4. The Balaban J connectivity index is 1.80. The molecule has 0 spiro atoms. The maximum Gasteiger partial charge on any atom is 0.271 e. The van der Waals surface area contributed by atoms with Crippen molar-refractivity contribution < 1.29 is 4.79 Å². The van der Waals surface area contributed by atoms with Crippen molar-refractivity contribution >= 4 is 33.2 Å². The van der Waals surface area contributed by atoms with E-state index < -0.39 is 0 Å². The molecule has 0 aliphatic heterocycles. The molecule has 0 saturated heterocycles. The topological polar surface area (TPSA) is 54.9 Å². The summed E-state index contributed by atoms with van der Waals surface area (Å²) < 4.78 is 0.929. The number of carbonyl (C=O) groups is 1. The second kappa shape index (κ2) is 5.38. The second-order valence-electron chi connectivity index (χ2n) is 4.60. The Bertz CT molecular complexity index is 583. The first kappa shape index (κ1) is 12.7. The Kier molecular flexibility index (Phi) is 3.61. The zero-order chi connectivity index (χ0) is 13.2. The van der Waals surface area contributed by atoms with Gasteiger partial charge in [-0.25, -0.2) is 4.98 Å². The molecule has 1 N–H and O–H groups in total. The van der Waals surface area contributed by atoms with Gasteiger partial charge in [-0.05, 0) is 46.3 Å². The van der Waals surface area contributed by atoms with Gasteiger partial charge in [0.1, 0.15) is 5.69 Å². The van der Waals surface area contributed by atoms with E-state index in [2.05, 4.69) is 31.2 Å². The molecule has 2 aromatic heterocycles. The third kappa shape index (κ3) is 3.01. The maximum atomic E-state index is 12.1. The average molecular weight is 338 g/mol. The lowest BCUT2D eigenvalue weighted by molar-refractivity contribution is 0.0927. The predicted molar refractivity (Wildman–Crippen MR) is 77.0 cm³/mol. The van der Waals surface area contributed by atoms with Gasteiger partial charge in [-0.1, -0.05) is 0 Å². The van der Waals surface area contributed by atoms with E-state index in [-0.39, 0.29) is 11.9 Å². The summed E-state index contributed by atoms with van der Waals surface area (Å²) in [5, 5.41) is 4.83. The maximum absolute atomic E-state index is 12.1. The molecule has 2 aromatic rings. The summed E-state index contributed by atoms with van der Waals surface area (Å²) in [6.45, 7) is 0. The van der Waals surface area contributed by atoms with Crippen molar-refractivity contribution in [3.05, 3.63) is 45.1 Å². The third-order valence-corrected chi connectivity index (χ3v) is 4.15. The fourth-order valence-corrected chi connectivity index (χ4v) is 2.96. The van der Waals surface area contributed by atoms with Crippen molar-refractivity contribution in [2.24, 2.45) is 5.92 Å². The molecule has 0 bridgehead atoms. The van der Waals surface area contributed by atoms with Crippen molar-refractivity contribution in [3.8, 4) is 0 Å². The highest BCUT2D eigenvalue weighted by molar-refractivity contribution is 9.10. The van der Waals surface area contributed by atoms with Crippen molar-refractivity contribution in [1.82, 2.24) is 15.3 Å². The average Bonchev–Trinajstić information content (AvgIpc) is 3.09. The van der Waals surface area contributed by atoms with Crippen molar-refractivity contribution in [2.45, 2.75) is 18.9 Å². The number of nitrogens with zero attached hydrogens (tertiary/aromatic N) is 2. The third-order valence-electron chi connectivity index (χ3n) is 3.13. The van der Waals surface area contributed by atoms with Crippen LogP contribution in [0.15, 0.2) is 33.8 Å². The predicted octanol–water partition coefficient (Wildman–Crippen LogP) is 3.18. The highest BCUT2D eigenvalue weighted by Crippen LogP contribution is 2.41. The van der Waals surface area contributed by atoms with Crippen molar-refractivity contribution in [3.63, 3.8) is 0 Å². The number of carbonyl (C=O) groups excluding carboxylic acids is 1. The number of rotatable bonds is 4. The normalized spacial score (nSPS) is 16.1. The molecular formula is C13H12BrN3OS. The van der Waals surface area contributed by atoms with Gasteiger partial charge in [-0.15, -0.1) is 11.3 Å². The van der Waals surface area contributed by atoms with E-state index in [1.807, 2.05) is 12.3 Å². The summed E-state index contributed by atoms with van der Waals surface area (Å²) in [7, 11) is 0. The minimum absolute atomic E-state index is 0.0270. The number of pyridine rings is 1. The van der Waals surface area contributed by atoms with Gasteiger partial charge in [-0.3, -0.25) is 9.78 Å². The van der Waals surface area contributed by atoms with E-state index in [1.165, 1.54) is 11.3 Å². The van der Waals surface area contributed by atoms with E-state index in [0.717, 1.165) is 22.9 Å². The summed E-state index contributed by atoms with van der Waals surface area (Å²) in [5.74, 6) is 0.400. The minimum Gasteiger partial charge on any atom is -0.344 e. The molecule has 6 heteroatoms. The molecule has 0 aromatic carbocycles. The van der Waals surface area contributed by atoms with Crippen LogP contribution in [0.25, 0.3) is 0 Å². The van der Waals surface area contributed by atoms with Crippen molar-refractivity contribution in [2.75, 3.05) is 0 Å². The van der Waals surface area contributed by atoms with Gasteiger partial charge in [0, 0.05) is 22.2 Å². The molecule has 4 nitrogen and oxygen atoms in total. The molecular weight excluding hydrogens is 326 g/mol. The number of halogens is 1. The van der Waals surface area contributed by atoms with Gasteiger partial charge >= 0.3 is 0 Å². The van der Waals surface area contributed by atoms with Crippen LogP contribution in [0.5, 0.6) is 0 Å². The van der Waals surface area contributed by atoms with Crippen LogP contribution in [-0.2, 0) is 0 Å². The van der Waals surface area contributed by atoms with Crippen LogP contribution in [0.2, 0.25) is 0 Å². The van der Waals surface area contributed by atoms with Crippen LogP contribution in [0.3, 0.4) is 0 Å². The lowest BCUT2D eigenvalue weighted by atomic mass is 10.0. The first-order chi connectivity index (χ1) is 9.24. The molecule has 1 aliphatic carbocycles. The Morgan fingerprint density at radius 3 is 2.95 bits per heavy atom. The van der Waals surface area contributed by atoms with E-state index in [1.54, 1.807) is 17.1 Å². The molecule has 1 saturated carbocycles. The Labute approximate surface area is 123 Å². The largest absolute Gasteiger partial charge is 0.344 e. The molecule has 1 aliphatic rings. The quantitative estimate of drug-likeness (QED) is 0.932. The molecule has 1 atom stereocenters. The van der Waals surface area contributed by atoms with Gasteiger partial charge in [0.2, 0.25) is 0 Å². The van der Waals surface area contributed by atoms with Gasteiger partial charge in [0.15, 0.2) is 0 Å². The summed E-state index contributed by atoms with van der Waals surface area (Å²) in [6.07, 6.45) is 5.85. The lowest BCUT2D eigenvalue weighted by Crippen LogP contribution is -2.30. The van der Waals surface area contributed by atoms with E-state index in [4.69, 9.17) is 0 Å². The summed E-state index contributed by atoms with van der Waals surface area (Å²) in [4.78, 5) is 20.3. The number of hydrogen-bond acceptors (Lipinski definition) is 4. The van der Waals surface area contributed by atoms with Crippen LogP contribution in [0.1, 0.15) is 34.9 Å². The van der Waals surface area contributed by atoms with E-state index in [9.17, 15) is 4.79 Å². The monoisotopic (exact) mass is 337 g/mol. The van der Waals surface area contributed by atoms with Gasteiger partial charge in [-0.2, -0.15) is 0 Å². The summed E-state index contributed by atoms with van der Waals surface area (Å²) in [6, 6.07) is 2.04. The lowest BCUT2D eigenvalue weighted by Gasteiger charge is -2.18. The molecule has 19 heavy (non-hydrogen) atoms. The van der Waals surface area contributed by atoms with E-state index >= 15 is 0 Å². The fourth-order valence-electron chi connectivity index (χ4n) is 2.04. The van der Waals surface area contributed by atoms with Crippen LogP contribution in [0, 0.1) is 5.92 Å². The van der Waals surface area contributed by atoms with Gasteiger partial charge < -0.3 is 5.32 Å². The van der Waals surface area contributed by atoms with Crippen LogP contribution in [0.4, 0.5) is 0 Å². The van der Waals surface area contributed by atoms with Crippen LogP contribution in [-0.4, -0.2) is 15.9 Å². The highest BCUT2D eigenvalue weighted by atomic mass is 79.9. The van der Waals surface area contributed by atoms with E-state index in [0.29, 0.717) is 11.6 Å². The first-order valence-electron chi connectivity index (χ1n) is 6.03. The van der Waals surface area contributed by atoms with Gasteiger partial charge in [0.25, 0.3) is 5.91 Å². The Hall–Kier alpha value is -1.27. The number of hydrogen-bond donors (Lipinski definition) is 1. The highest BCUT2D eigenvalue weighted by Gasteiger charge is 2.34. The first-order valence-corrected chi connectivity index (χ1v) is 7.77. The molecule has 98 valence electrons. The Morgan fingerprint density at radius 2 is 2.32 bits per heavy atom. The number of amides is 1. The molecule has 1 amide bonds. The number of thiazole rings is 1. The zero-order valence-electron chi connectivity index (χ0n) is 10.0. The molecule has 1 fully saturated rings. The molecule has 1 unspecified atom stereocenters. The standard InChI is InChI=1S/C13H12BrN3OS/c14-10-3-9(4-15-5-10)12(8-1-2-8)17-13(18)11-6-19-7-16-11/h3-8,12H,1-2H2,(H,17,18). The number of nitrogens with one attached hydrogen (secondary N) is 1. The minimum atomic E-state index is -0.113. The molecule has 0 radical (unpaired) electrons. The smallest absolute Gasteiger partial charge is 0.271 e. The second-order valence-corrected chi connectivity index (χ2v) is 6.23. The number of aromatic nitrogens is 2. The Morgan fingerprint density at radius 1 is 1.47 bits per heavy atom. The van der Waals surface area contributed by atoms with Crippen LogP contribution < -0.4 is 5.32 Å². The summed E-state index contributed by atoms with van der Waals surface area (Å²) >= 11 is 4.84. The molecule has 3 rings (SSSR count). The van der Waals surface area contributed by atoms with Crippen molar-refractivity contribution in [1.29, 1.82) is 0 Å². The van der Waals surface area contributed by atoms with Gasteiger partial charge in [0.05, 0.1) is 11.6 Å². The van der Waals surface area contributed by atoms with Crippen LogP contribution >= 0.6 is 27.3 Å². The molecule has 2 heterocycles. The fraction of sp³-hybridized carbons (Fsp3) is 0.308. The summed E-state index contributed by atoms with van der Waals surface area (Å²) in [5.41, 5.74) is 3.20. The SMILES string of the molecule is O=C(NC(c1cncc(Br)c1)C1CC1)c1cscn1.